The number of benzene rings is 4. The molecule has 0 fully saturated rings. The van der Waals surface area contributed by atoms with Gasteiger partial charge in [0.15, 0.2) is 0 Å². The van der Waals surface area contributed by atoms with E-state index >= 15 is 0 Å². The highest BCUT2D eigenvalue weighted by molar-refractivity contribution is 5.97. The topological polar surface area (TPSA) is 59.6 Å². The van der Waals surface area contributed by atoms with Crippen LogP contribution in [0.15, 0.2) is 121 Å². The molecule has 0 heterocycles. The summed E-state index contributed by atoms with van der Waals surface area (Å²) in [5.41, 5.74) is 6.84. The second-order valence-corrected chi connectivity index (χ2v) is 9.45. The first-order valence-electron chi connectivity index (χ1n) is 13.4. The van der Waals surface area contributed by atoms with Crippen molar-refractivity contribution in [3.8, 4) is 23.3 Å². The SMILES string of the molecule is C\C=C(/C=C\C=C\CC)C(Cc1ccc(C#N)cc1)NCc1ccc(C#N)c(-c2cccc3ccccc23)c1. The Morgan fingerprint density at radius 1 is 0.846 bits per heavy atom. The lowest BCUT2D eigenvalue weighted by atomic mass is 9.93. The zero-order valence-corrected chi connectivity index (χ0v) is 22.6. The molecule has 4 aromatic carbocycles. The lowest BCUT2D eigenvalue weighted by Crippen LogP contribution is -2.32. The van der Waals surface area contributed by atoms with E-state index in [9.17, 15) is 10.5 Å². The van der Waals surface area contributed by atoms with E-state index in [-0.39, 0.29) is 6.04 Å². The van der Waals surface area contributed by atoms with E-state index in [0.717, 1.165) is 40.3 Å². The molecule has 3 heteroatoms. The monoisotopic (exact) mass is 507 g/mol. The summed E-state index contributed by atoms with van der Waals surface area (Å²) in [5, 5.41) is 25.1. The fourth-order valence-electron chi connectivity index (χ4n) is 4.78. The Hall–Kier alpha value is -4.70. The normalized spacial score (nSPS) is 12.6. The highest BCUT2D eigenvalue weighted by atomic mass is 14.9. The van der Waals surface area contributed by atoms with Crippen LogP contribution in [0.3, 0.4) is 0 Å². The van der Waals surface area contributed by atoms with E-state index in [1.807, 2.05) is 48.5 Å². The third-order valence-electron chi connectivity index (χ3n) is 6.87. The van der Waals surface area contributed by atoms with Crippen LogP contribution >= 0.6 is 0 Å². The molecule has 1 N–H and O–H groups in total. The molecule has 1 atom stereocenters. The van der Waals surface area contributed by atoms with Crippen molar-refractivity contribution in [3.63, 3.8) is 0 Å². The second kappa shape index (κ2) is 13.7. The Balaban J connectivity index is 1.63. The van der Waals surface area contributed by atoms with Crippen LogP contribution in [-0.4, -0.2) is 6.04 Å². The van der Waals surface area contributed by atoms with Gasteiger partial charge in [-0.2, -0.15) is 10.5 Å². The molecule has 4 rings (SSSR count). The maximum atomic E-state index is 9.88. The zero-order chi connectivity index (χ0) is 27.5. The van der Waals surface area contributed by atoms with Crippen molar-refractivity contribution < 1.29 is 0 Å². The fraction of sp³-hybridized carbons (Fsp3) is 0.167. The predicted molar refractivity (Wildman–Crippen MR) is 162 cm³/mol. The van der Waals surface area contributed by atoms with E-state index in [1.54, 1.807) is 0 Å². The summed E-state index contributed by atoms with van der Waals surface area (Å²) in [6.45, 7) is 4.84. The Kier molecular flexibility index (Phi) is 9.63. The molecule has 0 bridgehead atoms. The molecule has 0 aliphatic heterocycles. The third kappa shape index (κ3) is 6.99. The molecule has 4 aromatic rings. The average molecular weight is 508 g/mol. The second-order valence-electron chi connectivity index (χ2n) is 9.45. The molecule has 0 aliphatic carbocycles. The number of allylic oxidation sites excluding steroid dienone is 4. The highest BCUT2D eigenvalue weighted by Crippen LogP contribution is 2.31. The van der Waals surface area contributed by atoms with Gasteiger partial charge in [-0.05, 0) is 77.1 Å². The summed E-state index contributed by atoms with van der Waals surface area (Å²) < 4.78 is 0. The molecule has 0 saturated carbocycles. The summed E-state index contributed by atoms with van der Waals surface area (Å²) in [6.07, 6.45) is 12.4. The van der Waals surface area contributed by atoms with Crippen molar-refractivity contribution in [3.05, 3.63) is 143 Å². The molecular weight excluding hydrogens is 474 g/mol. The Labute approximate surface area is 232 Å². The van der Waals surface area contributed by atoms with Crippen molar-refractivity contribution in [2.24, 2.45) is 0 Å². The van der Waals surface area contributed by atoms with E-state index < -0.39 is 0 Å². The average Bonchev–Trinajstić information content (AvgIpc) is 2.99. The van der Waals surface area contributed by atoms with Crippen LogP contribution in [0.5, 0.6) is 0 Å². The van der Waals surface area contributed by atoms with Crippen molar-refractivity contribution >= 4 is 10.8 Å². The molecule has 0 saturated heterocycles. The van der Waals surface area contributed by atoms with Crippen molar-refractivity contribution in [2.45, 2.75) is 39.3 Å². The predicted octanol–water partition coefficient (Wildman–Crippen LogP) is 8.42. The smallest absolute Gasteiger partial charge is 0.0998 e. The van der Waals surface area contributed by atoms with Gasteiger partial charge >= 0.3 is 0 Å². The minimum atomic E-state index is 0.0749. The van der Waals surface area contributed by atoms with Gasteiger partial charge in [0.2, 0.25) is 0 Å². The standard InChI is InChI=1S/C36H33N3/c1-3-5-6-7-11-30(4-2)36(23-27-16-18-28(24-37)19-17-27)39-26-29-20-21-32(25-38)35(22-29)34-15-10-13-31-12-8-9-14-33(31)34/h4-22,36,39H,3,23,26H2,1-2H3/b6-5+,11-7-,30-4+. The third-order valence-corrected chi connectivity index (χ3v) is 6.87. The quantitative estimate of drug-likeness (QED) is 0.219. The van der Waals surface area contributed by atoms with Gasteiger partial charge in [0.05, 0.1) is 23.3 Å². The van der Waals surface area contributed by atoms with Crippen LogP contribution in [0.2, 0.25) is 0 Å². The first-order chi connectivity index (χ1) is 19.2. The lowest BCUT2D eigenvalue weighted by molar-refractivity contribution is 0.573. The number of nitrogens with zero attached hydrogens (tertiary/aromatic N) is 2. The molecule has 0 radical (unpaired) electrons. The zero-order valence-electron chi connectivity index (χ0n) is 22.6. The van der Waals surface area contributed by atoms with E-state index in [4.69, 9.17) is 0 Å². The van der Waals surface area contributed by atoms with Gasteiger partial charge in [-0.15, -0.1) is 0 Å². The van der Waals surface area contributed by atoms with Gasteiger partial charge < -0.3 is 5.32 Å². The Morgan fingerprint density at radius 2 is 1.62 bits per heavy atom. The molecular formula is C36H33N3. The summed E-state index contributed by atoms with van der Waals surface area (Å²) in [5.74, 6) is 0. The Morgan fingerprint density at radius 3 is 2.36 bits per heavy atom. The molecule has 39 heavy (non-hydrogen) atoms. The summed E-state index contributed by atoms with van der Waals surface area (Å²) in [6, 6.07) is 33.1. The maximum Gasteiger partial charge on any atom is 0.0998 e. The molecule has 0 amide bonds. The number of rotatable bonds is 10. The lowest BCUT2D eigenvalue weighted by Gasteiger charge is -2.21. The van der Waals surface area contributed by atoms with Crippen LogP contribution in [0.25, 0.3) is 21.9 Å². The molecule has 0 aliphatic rings. The van der Waals surface area contributed by atoms with E-state index in [2.05, 4.69) is 98.1 Å². The number of nitrogens with one attached hydrogen (secondary N) is 1. The first-order valence-corrected chi connectivity index (χ1v) is 13.4. The molecule has 0 aromatic heterocycles. The van der Waals surface area contributed by atoms with Crippen LogP contribution in [-0.2, 0) is 13.0 Å². The molecule has 0 spiro atoms. The molecule has 1 unspecified atom stereocenters. The van der Waals surface area contributed by atoms with Crippen molar-refractivity contribution in [2.75, 3.05) is 0 Å². The van der Waals surface area contributed by atoms with Gasteiger partial charge in [0.1, 0.15) is 0 Å². The number of hydrogen-bond donors (Lipinski definition) is 1. The van der Waals surface area contributed by atoms with Crippen LogP contribution in [0.4, 0.5) is 0 Å². The van der Waals surface area contributed by atoms with Gasteiger partial charge in [-0.25, -0.2) is 0 Å². The highest BCUT2D eigenvalue weighted by Gasteiger charge is 2.15. The van der Waals surface area contributed by atoms with Crippen LogP contribution in [0, 0.1) is 22.7 Å². The maximum absolute atomic E-state index is 9.88. The summed E-state index contributed by atoms with van der Waals surface area (Å²) in [7, 11) is 0. The van der Waals surface area contributed by atoms with Gasteiger partial charge in [-0.1, -0.05) is 98.0 Å². The first kappa shape index (κ1) is 27.3. The molecule has 3 nitrogen and oxygen atoms in total. The summed E-state index contributed by atoms with van der Waals surface area (Å²) >= 11 is 0. The van der Waals surface area contributed by atoms with E-state index in [1.165, 1.54) is 11.1 Å². The van der Waals surface area contributed by atoms with Crippen molar-refractivity contribution in [1.29, 1.82) is 10.5 Å². The van der Waals surface area contributed by atoms with Crippen molar-refractivity contribution in [1.82, 2.24) is 5.32 Å². The largest absolute Gasteiger partial charge is 0.306 e. The van der Waals surface area contributed by atoms with Gasteiger partial charge in [0.25, 0.3) is 0 Å². The van der Waals surface area contributed by atoms with Crippen LogP contribution in [0.1, 0.15) is 42.5 Å². The minimum absolute atomic E-state index is 0.0749. The number of hydrogen-bond acceptors (Lipinski definition) is 3. The fourth-order valence-corrected chi connectivity index (χ4v) is 4.78. The molecule has 192 valence electrons. The Bertz CT molecular complexity index is 1590. The van der Waals surface area contributed by atoms with Gasteiger partial charge in [-0.3, -0.25) is 0 Å². The minimum Gasteiger partial charge on any atom is -0.306 e. The number of nitriles is 2. The van der Waals surface area contributed by atoms with E-state index in [0.29, 0.717) is 17.7 Å². The summed E-state index contributed by atoms with van der Waals surface area (Å²) in [4.78, 5) is 0. The number of fused-ring (bicyclic) bond motifs is 1. The van der Waals surface area contributed by atoms with Crippen LogP contribution < -0.4 is 5.32 Å². The van der Waals surface area contributed by atoms with Gasteiger partial charge in [0, 0.05) is 18.2 Å².